The van der Waals surface area contributed by atoms with Gasteiger partial charge in [0.25, 0.3) is 0 Å². The van der Waals surface area contributed by atoms with Crippen molar-refractivity contribution >= 4 is 39.8 Å². The molecule has 0 bridgehead atoms. The normalized spacial score (nSPS) is 11.5. The van der Waals surface area contributed by atoms with E-state index in [1.54, 1.807) is 0 Å². The van der Waals surface area contributed by atoms with E-state index in [-0.39, 0.29) is 0 Å². The van der Waals surface area contributed by atoms with Gasteiger partial charge in [-0.2, -0.15) is 0 Å². The minimum Gasteiger partial charge on any atom is -0.203 e. The van der Waals surface area contributed by atoms with Crippen molar-refractivity contribution in [3.63, 3.8) is 0 Å². The molecule has 3 rings (SSSR count). The molecule has 3 aromatic carbocycles. The summed E-state index contributed by atoms with van der Waals surface area (Å²) in [6.07, 6.45) is 0. The van der Waals surface area contributed by atoms with Crippen molar-refractivity contribution in [1.82, 2.24) is 0 Å². The zero-order valence-electron chi connectivity index (χ0n) is 13.9. The van der Waals surface area contributed by atoms with Crippen LogP contribution in [-0.4, -0.2) is 0 Å². The first-order chi connectivity index (χ1) is 14.0. The van der Waals surface area contributed by atoms with Gasteiger partial charge in [0, 0.05) is 4.47 Å². The fourth-order valence-electron chi connectivity index (χ4n) is 2.54. The second-order valence-electron chi connectivity index (χ2n) is 5.65. The molecule has 0 N–H and O–H groups in total. The number of hydrogen-bond acceptors (Lipinski definition) is 0. The van der Waals surface area contributed by atoms with Gasteiger partial charge in [0.05, 0.1) is 10.6 Å². The van der Waals surface area contributed by atoms with Gasteiger partial charge < -0.3 is 0 Å². The second kappa shape index (κ2) is 8.19. The van der Waals surface area contributed by atoms with E-state index in [2.05, 4.69) is 15.9 Å². The molecule has 0 amide bonds. The van der Waals surface area contributed by atoms with E-state index in [1.165, 1.54) is 12.1 Å². The Kier molecular flexibility index (Phi) is 6.15. The maximum absolute atomic E-state index is 14.4. The molecule has 3 aromatic rings. The molecule has 0 heterocycles. The average Bonchev–Trinajstić information content (AvgIpc) is 2.73. The fraction of sp³-hybridized carbons (Fsp3) is 0. The molecule has 0 aliphatic heterocycles. The Bertz CT molecular complexity index is 1040. The van der Waals surface area contributed by atoms with Crippen molar-refractivity contribution < 1.29 is 43.9 Å². The third kappa shape index (κ3) is 3.47. The molecule has 12 heteroatoms. The first-order valence-electron chi connectivity index (χ1n) is 7.57. The topological polar surface area (TPSA) is 0 Å². The Morgan fingerprint density at radius 1 is 0.433 bits per heavy atom. The van der Waals surface area contributed by atoms with Gasteiger partial charge in [0.15, 0.2) is 46.5 Å². The Morgan fingerprint density at radius 2 is 0.700 bits per heavy atom. The van der Waals surface area contributed by atoms with E-state index in [1.807, 2.05) is 0 Å². The van der Waals surface area contributed by atoms with Crippen molar-refractivity contribution in [1.29, 1.82) is 0 Å². The molecule has 0 aliphatic carbocycles. The lowest BCUT2D eigenvalue weighted by molar-refractivity contribution is 0.383. The van der Waals surface area contributed by atoms with Crippen molar-refractivity contribution in [3.05, 3.63) is 86.9 Å². The summed E-state index contributed by atoms with van der Waals surface area (Å²) in [6.45, 7) is 0. The first-order valence-corrected chi connectivity index (χ1v) is 9.71. The molecule has 0 unspecified atom stereocenters. The molecule has 0 atom stereocenters. The zero-order valence-corrected chi connectivity index (χ0v) is 16.4. The molecule has 0 aliphatic rings. The van der Waals surface area contributed by atoms with Gasteiger partial charge in [-0.05, 0) is 25.4 Å². The Balaban J connectivity index is 2.50. The van der Waals surface area contributed by atoms with Crippen LogP contribution in [0.3, 0.4) is 0 Å². The third-order valence-corrected chi connectivity index (χ3v) is 6.93. The SMILES string of the molecule is Fc1c(F)c(F)c(P(c2ccc(Br)cc2)c2c(F)c(F)c(F)c(F)c2F)c(F)c1F. The molecule has 0 nitrogen and oxygen atoms in total. The van der Waals surface area contributed by atoms with E-state index in [4.69, 9.17) is 0 Å². The van der Waals surface area contributed by atoms with E-state index >= 15 is 0 Å². The first kappa shape index (κ1) is 22.6. The zero-order chi connectivity index (χ0) is 22.5. The van der Waals surface area contributed by atoms with Crippen LogP contribution in [0, 0.1) is 58.2 Å². The maximum Gasteiger partial charge on any atom is 0.200 e. The van der Waals surface area contributed by atoms with Crippen LogP contribution >= 0.6 is 23.9 Å². The molecule has 0 spiro atoms. The highest BCUT2D eigenvalue weighted by molar-refractivity contribution is 9.10. The number of benzene rings is 3. The Hall–Kier alpha value is -2.13. The molecule has 0 fully saturated rings. The molecule has 0 saturated carbocycles. The van der Waals surface area contributed by atoms with Gasteiger partial charge in [-0.15, -0.1) is 0 Å². The van der Waals surface area contributed by atoms with Crippen LogP contribution in [0.15, 0.2) is 28.7 Å². The van der Waals surface area contributed by atoms with Crippen molar-refractivity contribution in [3.8, 4) is 0 Å². The van der Waals surface area contributed by atoms with E-state index in [0.717, 1.165) is 12.1 Å². The van der Waals surface area contributed by atoms with Crippen LogP contribution < -0.4 is 15.9 Å². The summed E-state index contributed by atoms with van der Waals surface area (Å²) in [6, 6.07) is 4.32. The summed E-state index contributed by atoms with van der Waals surface area (Å²) < 4.78 is 140. The molecular formula is C18H4BrF10P. The van der Waals surface area contributed by atoms with Gasteiger partial charge in [0.1, 0.15) is 0 Å². The third-order valence-electron chi connectivity index (χ3n) is 3.91. The quantitative estimate of drug-likeness (QED) is 0.182. The highest BCUT2D eigenvalue weighted by Crippen LogP contribution is 2.40. The van der Waals surface area contributed by atoms with Crippen LogP contribution in [0.4, 0.5) is 43.9 Å². The summed E-state index contributed by atoms with van der Waals surface area (Å²) in [4.78, 5) is 0. The largest absolute Gasteiger partial charge is 0.203 e. The summed E-state index contributed by atoms with van der Waals surface area (Å²) >= 11 is 3.00. The predicted molar refractivity (Wildman–Crippen MR) is 92.4 cm³/mol. The minimum atomic E-state index is -3.45. The van der Waals surface area contributed by atoms with Crippen LogP contribution in [0.2, 0.25) is 0 Å². The van der Waals surface area contributed by atoms with Gasteiger partial charge in [-0.3, -0.25) is 0 Å². The highest BCUT2D eigenvalue weighted by atomic mass is 79.9. The van der Waals surface area contributed by atoms with Crippen molar-refractivity contribution in [2.24, 2.45) is 0 Å². The molecule has 30 heavy (non-hydrogen) atoms. The predicted octanol–water partition coefficient (Wildman–Crippen LogP) is 5.60. The Morgan fingerprint density at radius 3 is 1.00 bits per heavy atom. The number of halogens is 11. The molecule has 158 valence electrons. The fourth-order valence-corrected chi connectivity index (χ4v) is 5.17. The number of hydrogen-bond donors (Lipinski definition) is 0. The molecular weight excluding hydrogens is 517 g/mol. The van der Waals surface area contributed by atoms with Crippen LogP contribution in [0.5, 0.6) is 0 Å². The lowest BCUT2D eigenvalue weighted by Gasteiger charge is -2.22. The Labute approximate surface area is 171 Å². The van der Waals surface area contributed by atoms with E-state index in [9.17, 15) is 43.9 Å². The summed E-state index contributed by atoms with van der Waals surface area (Å²) in [5.74, 6) is -24.6. The standard InChI is InChI=1S/C18H4BrF10P/c19-5-1-3-6(4-2-5)30(17-13(26)9(22)7(20)10(23)14(17)27)18-15(28)11(24)8(21)12(25)16(18)29/h1-4H. The van der Waals surface area contributed by atoms with Gasteiger partial charge in [-0.25, -0.2) is 43.9 Å². The molecule has 0 saturated heterocycles. The molecule has 0 radical (unpaired) electrons. The van der Waals surface area contributed by atoms with Crippen molar-refractivity contribution in [2.45, 2.75) is 0 Å². The van der Waals surface area contributed by atoms with Gasteiger partial charge >= 0.3 is 0 Å². The summed E-state index contributed by atoms with van der Waals surface area (Å²) in [5.41, 5.74) is 0. The van der Waals surface area contributed by atoms with Gasteiger partial charge in [0.2, 0.25) is 11.6 Å². The summed E-state index contributed by atoms with van der Waals surface area (Å²) in [7, 11) is -3.45. The van der Waals surface area contributed by atoms with Crippen LogP contribution in [0.1, 0.15) is 0 Å². The lowest BCUT2D eigenvalue weighted by atomic mass is 10.3. The van der Waals surface area contributed by atoms with Crippen molar-refractivity contribution in [2.75, 3.05) is 0 Å². The van der Waals surface area contributed by atoms with E-state index < -0.39 is 82.0 Å². The maximum atomic E-state index is 14.4. The van der Waals surface area contributed by atoms with Crippen LogP contribution in [0.25, 0.3) is 0 Å². The second-order valence-corrected chi connectivity index (χ2v) is 8.65. The monoisotopic (exact) mass is 520 g/mol. The van der Waals surface area contributed by atoms with E-state index in [0.29, 0.717) is 4.47 Å². The molecule has 0 aromatic heterocycles. The number of rotatable bonds is 3. The average molecular weight is 521 g/mol. The van der Waals surface area contributed by atoms with Crippen LogP contribution in [-0.2, 0) is 0 Å². The minimum absolute atomic E-state index is 0.344. The lowest BCUT2D eigenvalue weighted by Crippen LogP contribution is -2.33. The van der Waals surface area contributed by atoms with Gasteiger partial charge in [-0.1, -0.05) is 28.1 Å². The smallest absolute Gasteiger partial charge is 0.200 e. The summed E-state index contributed by atoms with van der Waals surface area (Å²) in [5, 5.41) is -3.88. The highest BCUT2D eigenvalue weighted by Gasteiger charge is 2.38.